The number of carbonyl (C=O) groups is 1. The largest absolute Gasteiger partial charge is 0.312 e. The van der Waals surface area contributed by atoms with E-state index in [1.165, 1.54) is 6.20 Å². The smallest absolute Gasteiger partial charge is 0.184 e. The van der Waals surface area contributed by atoms with E-state index in [1.807, 2.05) is 30.3 Å². The predicted octanol–water partition coefficient (Wildman–Crippen LogP) is 2.23. The molecule has 0 saturated carbocycles. The van der Waals surface area contributed by atoms with Crippen molar-refractivity contribution in [1.82, 2.24) is 20.3 Å². The van der Waals surface area contributed by atoms with E-state index in [1.54, 1.807) is 4.68 Å². The summed E-state index contributed by atoms with van der Waals surface area (Å²) in [4.78, 5) is 12.2. The van der Waals surface area contributed by atoms with E-state index >= 15 is 0 Å². The molecule has 5 heteroatoms. The Balaban J connectivity index is 2.07. The number of hydrogen-bond donors (Lipinski definition) is 1. The Morgan fingerprint density at radius 1 is 1.25 bits per heavy atom. The summed E-state index contributed by atoms with van der Waals surface area (Å²) in [5.74, 6) is 0.0376. The molecule has 1 aromatic heterocycles. The Bertz CT molecular complexity index is 569. The second-order valence-electron chi connectivity index (χ2n) is 5.72. The molecule has 0 bridgehead atoms. The van der Waals surface area contributed by atoms with Crippen molar-refractivity contribution in [3.8, 4) is 5.69 Å². The van der Waals surface area contributed by atoms with Gasteiger partial charge in [0.25, 0.3) is 0 Å². The summed E-state index contributed by atoms with van der Waals surface area (Å²) in [6, 6.07) is 9.55. The average Bonchev–Trinajstić information content (AvgIpc) is 2.87. The molecule has 0 spiro atoms. The molecule has 5 nitrogen and oxygen atoms in total. The quantitative estimate of drug-likeness (QED) is 0.848. The lowest BCUT2D eigenvalue weighted by atomic mass is 10.1. The van der Waals surface area contributed by atoms with Crippen molar-refractivity contribution in [2.45, 2.75) is 32.7 Å². The van der Waals surface area contributed by atoms with Crippen molar-refractivity contribution < 1.29 is 4.79 Å². The van der Waals surface area contributed by atoms with Crippen LogP contribution >= 0.6 is 0 Å². The second kappa shape index (κ2) is 5.96. The van der Waals surface area contributed by atoms with Gasteiger partial charge in [0.1, 0.15) is 5.69 Å². The second-order valence-corrected chi connectivity index (χ2v) is 5.72. The Morgan fingerprint density at radius 3 is 2.60 bits per heavy atom. The number of aromatic nitrogens is 3. The lowest BCUT2D eigenvalue weighted by Crippen LogP contribution is -2.37. The minimum atomic E-state index is 0.0121. The molecule has 0 fully saturated rings. The fourth-order valence-corrected chi connectivity index (χ4v) is 1.86. The van der Waals surface area contributed by atoms with Gasteiger partial charge in [-0.1, -0.05) is 23.4 Å². The monoisotopic (exact) mass is 272 g/mol. The number of carbonyl (C=O) groups excluding carboxylic acids is 1. The highest BCUT2D eigenvalue weighted by molar-refractivity contribution is 5.94. The van der Waals surface area contributed by atoms with Crippen molar-refractivity contribution in [2.24, 2.45) is 0 Å². The molecular weight excluding hydrogens is 252 g/mol. The first kappa shape index (κ1) is 14.4. The maximum absolute atomic E-state index is 12.2. The molecule has 20 heavy (non-hydrogen) atoms. The minimum Gasteiger partial charge on any atom is -0.312 e. The van der Waals surface area contributed by atoms with E-state index in [9.17, 15) is 4.79 Å². The Labute approximate surface area is 119 Å². The van der Waals surface area contributed by atoms with Gasteiger partial charge in [-0.3, -0.25) is 4.79 Å². The van der Waals surface area contributed by atoms with Gasteiger partial charge in [0.15, 0.2) is 5.78 Å². The van der Waals surface area contributed by atoms with Crippen LogP contribution in [0.4, 0.5) is 0 Å². The Morgan fingerprint density at radius 2 is 1.95 bits per heavy atom. The fourth-order valence-electron chi connectivity index (χ4n) is 1.86. The van der Waals surface area contributed by atoms with E-state index in [2.05, 4.69) is 36.4 Å². The van der Waals surface area contributed by atoms with Gasteiger partial charge in [-0.2, -0.15) is 0 Å². The molecule has 1 N–H and O–H groups in total. The maximum atomic E-state index is 12.2. The number of nitrogens with one attached hydrogen (secondary N) is 1. The summed E-state index contributed by atoms with van der Waals surface area (Å²) in [6.45, 7) is 6.87. The van der Waals surface area contributed by atoms with E-state index < -0.39 is 0 Å². The van der Waals surface area contributed by atoms with Gasteiger partial charge < -0.3 is 5.32 Å². The normalized spacial score (nSPS) is 11.6. The number of hydrogen-bond acceptors (Lipinski definition) is 4. The molecule has 2 rings (SSSR count). The van der Waals surface area contributed by atoms with Crippen LogP contribution in [0.1, 0.15) is 37.7 Å². The van der Waals surface area contributed by atoms with E-state index in [4.69, 9.17) is 0 Å². The van der Waals surface area contributed by atoms with Crippen LogP contribution in [-0.4, -0.2) is 32.9 Å². The number of benzene rings is 1. The standard InChI is InChI=1S/C15H20N4O/c1-15(2,3)16-10-9-14(20)13-11-17-18-19(13)12-7-5-4-6-8-12/h4-8,11,16H,9-10H2,1-3H3. The van der Waals surface area contributed by atoms with Gasteiger partial charge in [-0.25, -0.2) is 4.68 Å². The third-order valence-electron chi connectivity index (χ3n) is 2.84. The molecule has 0 saturated heterocycles. The van der Waals surface area contributed by atoms with Gasteiger partial charge in [-0.15, -0.1) is 5.10 Å². The zero-order chi connectivity index (χ0) is 14.6. The topological polar surface area (TPSA) is 59.8 Å². The van der Waals surface area contributed by atoms with E-state index in [-0.39, 0.29) is 11.3 Å². The third-order valence-corrected chi connectivity index (χ3v) is 2.84. The van der Waals surface area contributed by atoms with Crippen molar-refractivity contribution in [2.75, 3.05) is 6.54 Å². The van der Waals surface area contributed by atoms with Crippen molar-refractivity contribution >= 4 is 5.78 Å². The summed E-state index contributed by atoms with van der Waals surface area (Å²) in [5.41, 5.74) is 1.38. The first-order chi connectivity index (χ1) is 9.47. The lowest BCUT2D eigenvalue weighted by molar-refractivity contribution is 0.0973. The molecule has 0 atom stereocenters. The van der Waals surface area contributed by atoms with Gasteiger partial charge in [0.2, 0.25) is 0 Å². The zero-order valence-electron chi connectivity index (χ0n) is 12.1. The van der Waals surface area contributed by atoms with Crippen LogP contribution in [0.5, 0.6) is 0 Å². The summed E-state index contributed by atoms with van der Waals surface area (Å²) in [7, 11) is 0. The first-order valence-electron chi connectivity index (χ1n) is 6.72. The number of ketones is 1. The number of para-hydroxylation sites is 1. The molecule has 0 aliphatic carbocycles. The van der Waals surface area contributed by atoms with E-state index in [0.29, 0.717) is 18.7 Å². The zero-order valence-corrected chi connectivity index (χ0v) is 12.1. The van der Waals surface area contributed by atoms with Gasteiger partial charge in [-0.05, 0) is 32.9 Å². The van der Waals surface area contributed by atoms with Crippen LogP contribution in [0.15, 0.2) is 36.5 Å². The van der Waals surface area contributed by atoms with E-state index in [0.717, 1.165) is 5.69 Å². The Kier molecular flexibility index (Phi) is 4.29. The number of rotatable bonds is 5. The van der Waals surface area contributed by atoms with Gasteiger partial charge >= 0.3 is 0 Å². The van der Waals surface area contributed by atoms with Crippen LogP contribution in [-0.2, 0) is 0 Å². The Hall–Kier alpha value is -2.01. The highest BCUT2D eigenvalue weighted by atomic mass is 16.1. The SMILES string of the molecule is CC(C)(C)NCCC(=O)c1cnnn1-c1ccccc1. The molecule has 0 aliphatic heterocycles. The summed E-state index contributed by atoms with van der Waals surface area (Å²) in [5, 5.41) is 11.1. The molecule has 0 unspecified atom stereocenters. The minimum absolute atomic E-state index is 0.0121. The number of nitrogens with zero attached hydrogens (tertiary/aromatic N) is 3. The molecule has 1 aromatic carbocycles. The average molecular weight is 272 g/mol. The lowest BCUT2D eigenvalue weighted by Gasteiger charge is -2.20. The fraction of sp³-hybridized carbons (Fsp3) is 0.400. The molecule has 1 heterocycles. The predicted molar refractivity (Wildman–Crippen MR) is 78.1 cm³/mol. The van der Waals surface area contributed by atoms with Crippen molar-refractivity contribution in [3.63, 3.8) is 0 Å². The van der Waals surface area contributed by atoms with Crippen molar-refractivity contribution in [1.29, 1.82) is 0 Å². The van der Waals surface area contributed by atoms with Crippen molar-refractivity contribution in [3.05, 3.63) is 42.2 Å². The molecule has 0 radical (unpaired) electrons. The summed E-state index contributed by atoms with van der Waals surface area (Å²) >= 11 is 0. The number of Topliss-reactive ketones (excluding diaryl/α,β-unsaturated/α-hetero) is 1. The van der Waals surface area contributed by atoms with Gasteiger partial charge in [0, 0.05) is 18.5 Å². The maximum Gasteiger partial charge on any atom is 0.184 e. The first-order valence-corrected chi connectivity index (χ1v) is 6.72. The third kappa shape index (κ3) is 3.74. The van der Waals surface area contributed by atoms with Gasteiger partial charge in [0.05, 0.1) is 11.9 Å². The van der Waals surface area contributed by atoms with Crippen LogP contribution in [0.25, 0.3) is 5.69 Å². The molecule has 0 aliphatic rings. The molecule has 0 amide bonds. The van der Waals surface area contributed by atoms with Crippen LogP contribution in [0.2, 0.25) is 0 Å². The molecule has 106 valence electrons. The van der Waals surface area contributed by atoms with Crippen LogP contribution < -0.4 is 5.32 Å². The highest BCUT2D eigenvalue weighted by Gasteiger charge is 2.15. The molecular formula is C15H20N4O. The summed E-state index contributed by atoms with van der Waals surface area (Å²) in [6.07, 6.45) is 1.95. The van der Waals surface area contributed by atoms with Crippen LogP contribution in [0.3, 0.4) is 0 Å². The van der Waals surface area contributed by atoms with Crippen LogP contribution in [0, 0.1) is 0 Å². The highest BCUT2D eigenvalue weighted by Crippen LogP contribution is 2.10. The summed E-state index contributed by atoms with van der Waals surface area (Å²) < 4.78 is 1.58. The molecule has 2 aromatic rings.